The molecule has 1 saturated heterocycles. The zero-order valence-electron chi connectivity index (χ0n) is 14.8. The smallest absolute Gasteiger partial charge is 0.236 e. The molecule has 1 aliphatic heterocycles. The summed E-state index contributed by atoms with van der Waals surface area (Å²) in [5.74, 6) is 0.461. The van der Waals surface area contributed by atoms with Crippen LogP contribution in [0.2, 0.25) is 0 Å². The van der Waals surface area contributed by atoms with E-state index in [1.54, 1.807) is 0 Å². The second-order valence-corrected chi connectivity index (χ2v) is 6.43. The summed E-state index contributed by atoms with van der Waals surface area (Å²) in [5.41, 5.74) is 6.68. The first-order valence-electron chi connectivity index (χ1n) is 8.58. The van der Waals surface area contributed by atoms with E-state index in [-0.39, 0.29) is 30.7 Å². The van der Waals surface area contributed by atoms with Gasteiger partial charge in [-0.25, -0.2) is 0 Å². The minimum atomic E-state index is -0.435. The molecule has 0 bridgehead atoms. The first-order valence-corrected chi connectivity index (χ1v) is 8.58. The summed E-state index contributed by atoms with van der Waals surface area (Å²) in [7, 11) is 0. The van der Waals surface area contributed by atoms with Gasteiger partial charge in [0.05, 0.1) is 12.1 Å². The summed E-state index contributed by atoms with van der Waals surface area (Å²) < 4.78 is 0. The topological polar surface area (TPSA) is 78.6 Å². The van der Waals surface area contributed by atoms with E-state index in [9.17, 15) is 9.90 Å². The Bertz CT molecular complexity index is 482. The van der Waals surface area contributed by atoms with Gasteiger partial charge in [-0.15, -0.1) is 24.8 Å². The second-order valence-electron chi connectivity index (χ2n) is 6.43. The van der Waals surface area contributed by atoms with Crippen LogP contribution < -0.4 is 11.1 Å². The lowest BCUT2D eigenvalue weighted by molar-refractivity contribution is -0.122. The number of hydrogen-bond acceptors (Lipinski definition) is 4. The van der Waals surface area contributed by atoms with Crippen LogP contribution in [0.25, 0.3) is 0 Å². The molecular formula is C18H31Cl2N3O2. The predicted octanol–water partition coefficient (Wildman–Crippen LogP) is 2.13. The average molecular weight is 392 g/mol. The molecule has 1 unspecified atom stereocenters. The van der Waals surface area contributed by atoms with Gasteiger partial charge in [0, 0.05) is 13.1 Å². The lowest BCUT2D eigenvalue weighted by atomic mass is 9.96. The largest absolute Gasteiger partial charge is 0.387 e. The molecule has 1 fully saturated rings. The first kappa shape index (κ1) is 24.1. The summed E-state index contributed by atoms with van der Waals surface area (Å²) in [6.07, 6.45) is 2.32. The molecule has 2 rings (SSSR count). The van der Waals surface area contributed by atoms with Crippen LogP contribution >= 0.6 is 24.8 Å². The molecule has 2 atom stereocenters. The fourth-order valence-corrected chi connectivity index (χ4v) is 2.96. The molecule has 0 radical (unpaired) electrons. The maximum Gasteiger partial charge on any atom is 0.236 e. The highest BCUT2D eigenvalue weighted by molar-refractivity contribution is 5.85. The maximum atomic E-state index is 11.7. The van der Waals surface area contributed by atoms with Gasteiger partial charge >= 0.3 is 0 Å². The number of aliphatic hydroxyl groups is 1. The van der Waals surface area contributed by atoms with Crippen molar-refractivity contribution < 1.29 is 9.90 Å². The number of nitrogens with zero attached hydrogens (tertiary/aromatic N) is 1. The Morgan fingerprint density at radius 1 is 1.28 bits per heavy atom. The summed E-state index contributed by atoms with van der Waals surface area (Å²) in [5, 5.41) is 13.2. The Labute approximate surface area is 163 Å². The molecule has 0 aromatic heterocycles. The highest BCUT2D eigenvalue weighted by Gasteiger charge is 2.22. The van der Waals surface area contributed by atoms with Crippen LogP contribution in [0.1, 0.15) is 37.9 Å². The molecule has 1 heterocycles. The van der Waals surface area contributed by atoms with Crippen molar-refractivity contribution >= 4 is 30.7 Å². The molecule has 5 nitrogen and oxygen atoms in total. The summed E-state index contributed by atoms with van der Waals surface area (Å²) in [6, 6.07) is 9.40. The number of carbonyl (C=O) groups is 1. The van der Waals surface area contributed by atoms with Gasteiger partial charge in [0.2, 0.25) is 5.91 Å². The highest BCUT2D eigenvalue weighted by atomic mass is 35.5. The van der Waals surface area contributed by atoms with Crippen LogP contribution in [0, 0.1) is 5.92 Å². The fourth-order valence-electron chi connectivity index (χ4n) is 2.96. The molecule has 144 valence electrons. The number of likely N-dealkylation sites (tertiary alicyclic amines) is 1. The van der Waals surface area contributed by atoms with Crippen LogP contribution in [0.4, 0.5) is 0 Å². The van der Waals surface area contributed by atoms with E-state index in [1.807, 2.05) is 37.3 Å². The van der Waals surface area contributed by atoms with E-state index in [4.69, 9.17) is 5.73 Å². The Balaban J connectivity index is 0.00000288. The lowest BCUT2D eigenvalue weighted by Gasteiger charge is -2.33. The normalized spacial score (nSPS) is 17.7. The summed E-state index contributed by atoms with van der Waals surface area (Å²) in [6.45, 7) is 5.22. The molecule has 0 spiro atoms. The Hall–Kier alpha value is -0.850. The number of nitrogens with one attached hydrogen (secondary N) is 1. The number of halogens is 2. The van der Waals surface area contributed by atoms with E-state index in [0.29, 0.717) is 25.4 Å². The van der Waals surface area contributed by atoms with Crippen molar-refractivity contribution in [2.75, 3.05) is 26.2 Å². The van der Waals surface area contributed by atoms with Gasteiger partial charge in [0.1, 0.15) is 0 Å². The van der Waals surface area contributed by atoms with Gasteiger partial charge in [0.25, 0.3) is 0 Å². The van der Waals surface area contributed by atoms with Crippen LogP contribution in [0.5, 0.6) is 0 Å². The number of amides is 1. The monoisotopic (exact) mass is 391 g/mol. The number of aliphatic hydroxyl groups excluding tert-OH is 1. The third-order valence-electron chi connectivity index (χ3n) is 4.66. The minimum absolute atomic E-state index is 0. The number of hydrogen-bond donors (Lipinski definition) is 3. The summed E-state index contributed by atoms with van der Waals surface area (Å²) in [4.78, 5) is 14.0. The van der Waals surface area contributed by atoms with Gasteiger partial charge in [-0.1, -0.05) is 37.3 Å². The van der Waals surface area contributed by atoms with Crippen molar-refractivity contribution in [3.8, 4) is 0 Å². The Morgan fingerprint density at radius 2 is 1.88 bits per heavy atom. The molecule has 4 N–H and O–H groups in total. The van der Waals surface area contributed by atoms with Crippen molar-refractivity contribution in [1.82, 2.24) is 10.2 Å². The van der Waals surface area contributed by atoms with Crippen molar-refractivity contribution in [2.24, 2.45) is 11.7 Å². The average Bonchev–Trinajstić information content (AvgIpc) is 2.60. The van der Waals surface area contributed by atoms with Crippen molar-refractivity contribution in [2.45, 2.75) is 38.3 Å². The lowest BCUT2D eigenvalue weighted by Crippen LogP contribution is -2.44. The Kier molecular flexibility index (Phi) is 12.1. The number of β-amino-alcohol motifs (C(OH)–C–C–N with tert-alkyl or cyclic N) is 1. The molecule has 1 amide bonds. The van der Waals surface area contributed by atoms with Crippen LogP contribution in [0.3, 0.4) is 0 Å². The molecule has 0 saturated carbocycles. The third-order valence-corrected chi connectivity index (χ3v) is 4.66. The SMILES string of the molecule is CC[C@H](N)C(=O)NCC1CCN(CC(O)c2ccccc2)CC1.Cl.Cl. The second kappa shape index (κ2) is 12.5. The molecule has 25 heavy (non-hydrogen) atoms. The third kappa shape index (κ3) is 7.92. The fraction of sp³-hybridized carbons (Fsp3) is 0.611. The number of benzene rings is 1. The van der Waals surface area contributed by atoms with Crippen LogP contribution in [-0.4, -0.2) is 48.1 Å². The first-order chi connectivity index (χ1) is 11.1. The van der Waals surface area contributed by atoms with E-state index in [0.717, 1.165) is 31.5 Å². The predicted molar refractivity (Wildman–Crippen MR) is 106 cm³/mol. The van der Waals surface area contributed by atoms with E-state index in [2.05, 4.69) is 10.2 Å². The zero-order chi connectivity index (χ0) is 16.7. The highest BCUT2D eigenvalue weighted by Crippen LogP contribution is 2.20. The molecule has 0 aliphatic carbocycles. The number of piperidine rings is 1. The molecular weight excluding hydrogens is 361 g/mol. The van der Waals surface area contributed by atoms with Gasteiger partial charge in [0.15, 0.2) is 0 Å². The maximum absolute atomic E-state index is 11.7. The van der Waals surface area contributed by atoms with Crippen LogP contribution in [-0.2, 0) is 4.79 Å². The molecule has 7 heteroatoms. The molecule has 1 aromatic carbocycles. The van der Waals surface area contributed by atoms with Gasteiger partial charge in [-0.05, 0) is 43.8 Å². The van der Waals surface area contributed by atoms with Crippen molar-refractivity contribution in [3.05, 3.63) is 35.9 Å². The minimum Gasteiger partial charge on any atom is -0.387 e. The number of rotatable bonds is 7. The Morgan fingerprint density at radius 3 is 2.44 bits per heavy atom. The number of carbonyl (C=O) groups excluding carboxylic acids is 1. The standard InChI is InChI=1S/C18H29N3O2.2ClH/c1-2-16(19)18(23)20-12-14-8-10-21(11-9-14)13-17(22)15-6-4-3-5-7-15;;/h3-7,14,16-17,22H,2,8-13,19H2,1H3,(H,20,23);2*1H/t16-,17?;;/m0../s1. The molecule has 1 aliphatic rings. The van der Waals surface area contributed by atoms with Gasteiger partial charge < -0.3 is 21.1 Å². The molecule has 1 aromatic rings. The van der Waals surface area contributed by atoms with Gasteiger partial charge in [-0.3, -0.25) is 4.79 Å². The quantitative estimate of drug-likeness (QED) is 0.664. The van der Waals surface area contributed by atoms with E-state index < -0.39 is 12.1 Å². The van der Waals surface area contributed by atoms with Crippen LogP contribution in [0.15, 0.2) is 30.3 Å². The van der Waals surface area contributed by atoms with E-state index in [1.165, 1.54) is 0 Å². The van der Waals surface area contributed by atoms with Crippen molar-refractivity contribution in [1.29, 1.82) is 0 Å². The zero-order valence-corrected chi connectivity index (χ0v) is 16.4. The van der Waals surface area contributed by atoms with E-state index >= 15 is 0 Å². The van der Waals surface area contributed by atoms with Gasteiger partial charge in [-0.2, -0.15) is 0 Å². The summed E-state index contributed by atoms with van der Waals surface area (Å²) >= 11 is 0. The number of nitrogens with two attached hydrogens (primary N) is 1. The van der Waals surface area contributed by atoms with Crippen molar-refractivity contribution in [3.63, 3.8) is 0 Å².